The number of carbonyl (C=O) groups excluding carboxylic acids is 2. The van der Waals surface area contributed by atoms with Gasteiger partial charge in [-0.3, -0.25) is 9.59 Å². The van der Waals surface area contributed by atoms with Crippen LogP contribution in [0.1, 0.15) is 40.2 Å². The fraction of sp³-hybridized carbons (Fsp3) is 0.333. The average molecular weight is 378 g/mol. The minimum absolute atomic E-state index is 0.295. The van der Waals surface area contributed by atoms with E-state index >= 15 is 0 Å². The second-order valence-electron chi connectivity index (χ2n) is 6.78. The summed E-state index contributed by atoms with van der Waals surface area (Å²) in [6.07, 6.45) is 2.78. The summed E-state index contributed by atoms with van der Waals surface area (Å²) in [5, 5.41) is 9.95. The predicted molar refractivity (Wildman–Crippen MR) is 104 cm³/mol. The van der Waals surface area contributed by atoms with Crippen LogP contribution in [0.15, 0.2) is 24.3 Å². The summed E-state index contributed by atoms with van der Waals surface area (Å²) < 4.78 is 0. The van der Waals surface area contributed by atoms with Gasteiger partial charge in [-0.1, -0.05) is 24.0 Å². The SMILES string of the molecule is CN(C=O)CC[C@@H](O)C#Cc1cccc(-c2nc3c(c(C(N)=O)n2)CCC3)c1. The molecule has 2 aromatic rings. The first-order valence-corrected chi connectivity index (χ1v) is 9.13. The van der Waals surface area contributed by atoms with Gasteiger partial charge in [0, 0.05) is 42.4 Å². The zero-order valence-corrected chi connectivity index (χ0v) is 15.7. The maximum absolute atomic E-state index is 11.8. The van der Waals surface area contributed by atoms with E-state index in [0.29, 0.717) is 36.5 Å². The maximum Gasteiger partial charge on any atom is 0.267 e. The monoisotopic (exact) mass is 378 g/mol. The lowest BCUT2D eigenvalue weighted by Gasteiger charge is -2.10. The Morgan fingerprint density at radius 1 is 1.39 bits per heavy atom. The zero-order chi connectivity index (χ0) is 20.1. The molecule has 0 fully saturated rings. The minimum Gasteiger partial charge on any atom is -0.380 e. The van der Waals surface area contributed by atoms with Crippen molar-refractivity contribution in [1.29, 1.82) is 0 Å². The average Bonchev–Trinajstić information content (AvgIpc) is 3.18. The second-order valence-corrected chi connectivity index (χ2v) is 6.78. The Hall–Kier alpha value is -3.24. The van der Waals surface area contributed by atoms with Gasteiger partial charge in [0.05, 0.1) is 0 Å². The summed E-state index contributed by atoms with van der Waals surface area (Å²) in [4.78, 5) is 32.8. The lowest BCUT2D eigenvalue weighted by molar-refractivity contribution is -0.117. The third-order valence-corrected chi connectivity index (χ3v) is 4.61. The standard InChI is InChI=1S/C21H22N4O3/c1-25(13-26)11-10-16(27)9-8-14-4-2-5-15(12-14)21-23-18-7-3-6-17(18)19(24-21)20(22)28/h2,4-5,12-13,16,27H,3,6-7,10-11H2,1H3,(H2,22,28)/t16-/m0/s1. The Morgan fingerprint density at radius 2 is 2.21 bits per heavy atom. The number of hydrogen-bond donors (Lipinski definition) is 2. The van der Waals surface area contributed by atoms with E-state index in [2.05, 4.69) is 21.8 Å². The molecule has 1 aliphatic rings. The van der Waals surface area contributed by atoms with Gasteiger partial charge in [-0.2, -0.15) is 0 Å². The molecule has 1 atom stereocenters. The molecule has 0 radical (unpaired) electrons. The quantitative estimate of drug-likeness (QED) is 0.574. The van der Waals surface area contributed by atoms with Gasteiger partial charge in [-0.05, 0) is 31.4 Å². The largest absolute Gasteiger partial charge is 0.380 e. The molecule has 28 heavy (non-hydrogen) atoms. The number of nitrogens with zero attached hydrogens (tertiary/aromatic N) is 3. The first-order chi connectivity index (χ1) is 13.5. The maximum atomic E-state index is 11.8. The Kier molecular flexibility index (Phi) is 6.02. The topological polar surface area (TPSA) is 109 Å². The Bertz CT molecular complexity index is 962. The number of hydrogen-bond acceptors (Lipinski definition) is 5. The number of benzene rings is 1. The van der Waals surface area contributed by atoms with Crippen molar-refractivity contribution in [3.05, 3.63) is 46.8 Å². The van der Waals surface area contributed by atoms with Crippen LogP contribution >= 0.6 is 0 Å². The molecule has 1 aromatic carbocycles. The van der Waals surface area contributed by atoms with Gasteiger partial charge in [0.25, 0.3) is 5.91 Å². The lowest BCUT2D eigenvalue weighted by Crippen LogP contribution is -2.21. The first kappa shape index (κ1) is 19.5. The molecular formula is C21H22N4O3. The van der Waals surface area contributed by atoms with Crippen molar-refractivity contribution in [3.63, 3.8) is 0 Å². The summed E-state index contributed by atoms with van der Waals surface area (Å²) in [7, 11) is 1.65. The number of amides is 2. The number of carbonyl (C=O) groups is 2. The molecule has 0 aliphatic heterocycles. The van der Waals surface area contributed by atoms with E-state index in [0.717, 1.165) is 36.1 Å². The van der Waals surface area contributed by atoms with E-state index < -0.39 is 12.0 Å². The van der Waals surface area contributed by atoms with Crippen LogP contribution in [0, 0.1) is 11.8 Å². The van der Waals surface area contributed by atoms with Crippen molar-refractivity contribution in [2.75, 3.05) is 13.6 Å². The number of aliphatic hydroxyl groups excluding tert-OH is 1. The van der Waals surface area contributed by atoms with E-state index in [-0.39, 0.29) is 0 Å². The summed E-state index contributed by atoms with van der Waals surface area (Å²) >= 11 is 0. The third kappa shape index (κ3) is 4.53. The number of aryl methyl sites for hydroxylation is 1. The zero-order valence-electron chi connectivity index (χ0n) is 15.7. The smallest absolute Gasteiger partial charge is 0.267 e. The normalized spacial score (nSPS) is 13.2. The first-order valence-electron chi connectivity index (χ1n) is 9.13. The number of primary amides is 1. The number of fused-ring (bicyclic) bond motifs is 1. The number of rotatable bonds is 6. The Labute approximate surface area is 163 Å². The van der Waals surface area contributed by atoms with Crippen LogP contribution in [0.2, 0.25) is 0 Å². The predicted octanol–water partition coefficient (Wildman–Crippen LogP) is 0.922. The van der Waals surface area contributed by atoms with Crippen LogP contribution < -0.4 is 5.73 Å². The number of aliphatic hydroxyl groups is 1. The number of aromatic nitrogens is 2. The molecular weight excluding hydrogens is 356 g/mol. The van der Waals surface area contributed by atoms with Crippen molar-refractivity contribution in [1.82, 2.24) is 14.9 Å². The Morgan fingerprint density at radius 3 is 2.96 bits per heavy atom. The van der Waals surface area contributed by atoms with Crippen LogP contribution in [0.4, 0.5) is 0 Å². The van der Waals surface area contributed by atoms with E-state index in [4.69, 9.17) is 5.73 Å². The summed E-state index contributed by atoms with van der Waals surface area (Å²) in [5.41, 5.74) is 8.97. The molecule has 0 bridgehead atoms. The van der Waals surface area contributed by atoms with Gasteiger partial charge in [0.1, 0.15) is 11.8 Å². The highest BCUT2D eigenvalue weighted by Crippen LogP contribution is 2.26. The van der Waals surface area contributed by atoms with E-state index in [1.54, 1.807) is 7.05 Å². The molecule has 1 aromatic heterocycles. The van der Waals surface area contributed by atoms with Crippen molar-refractivity contribution in [2.45, 2.75) is 31.8 Å². The molecule has 144 valence electrons. The minimum atomic E-state index is -0.830. The van der Waals surface area contributed by atoms with Gasteiger partial charge < -0.3 is 15.7 Å². The molecule has 0 saturated heterocycles. The van der Waals surface area contributed by atoms with Crippen LogP contribution in [-0.4, -0.2) is 52.0 Å². The van der Waals surface area contributed by atoms with Crippen LogP contribution in [-0.2, 0) is 17.6 Å². The molecule has 2 amide bonds. The summed E-state index contributed by atoms with van der Waals surface area (Å²) in [5.74, 6) is 5.62. The highest BCUT2D eigenvalue weighted by atomic mass is 16.3. The molecule has 1 aliphatic carbocycles. The highest BCUT2D eigenvalue weighted by Gasteiger charge is 2.22. The molecule has 7 nitrogen and oxygen atoms in total. The number of nitrogens with two attached hydrogens (primary N) is 1. The third-order valence-electron chi connectivity index (χ3n) is 4.61. The molecule has 3 N–H and O–H groups in total. The molecule has 3 rings (SSSR count). The summed E-state index contributed by atoms with van der Waals surface area (Å²) in [6.45, 7) is 0.429. The van der Waals surface area contributed by atoms with E-state index in [1.165, 1.54) is 4.90 Å². The van der Waals surface area contributed by atoms with Crippen LogP contribution in [0.25, 0.3) is 11.4 Å². The molecule has 0 unspecified atom stereocenters. The fourth-order valence-corrected chi connectivity index (χ4v) is 3.12. The van der Waals surface area contributed by atoms with Crippen molar-refractivity contribution < 1.29 is 14.7 Å². The molecule has 0 spiro atoms. The summed E-state index contributed by atoms with van der Waals surface area (Å²) in [6, 6.07) is 7.32. The van der Waals surface area contributed by atoms with Crippen LogP contribution in [0.3, 0.4) is 0 Å². The van der Waals surface area contributed by atoms with E-state index in [1.807, 2.05) is 24.3 Å². The van der Waals surface area contributed by atoms with Gasteiger partial charge in [0.15, 0.2) is 5.82 Å². The lowest BCUT2D eigenvalue weighted by atomic mass is 10.1. The van der Waals surface area contributed by atoms with Crippen molar-refractivity contribution in [3.8, 4) is 23.2 Å². The van der Waals surface area contributed by atoms with Gasteiger partial charge in [-0.25, -0.2) is 9.97 Å². The fourth-order valence-electron chi connectivity index (χ4n) is 3.12. The molecule has 1 heterocycles. The Balaban J connectivity index is 1.83. The van der Waals surface area contributed by atoms with Gasteiger partial charge >= 0.3 is 0 Å². The van der Waals surface area contributed by atoms with E-state index in [9.17, 15) is 14.7 Å². The van der Waals surface area contributed by atoms with Crippen molar-refractivity contribution >= 4 is 12.3 Å². The van der Waals surface area contributed by atoms with Crippen molar-refractivity contribution in [2.24, 2.45) is 5.73 Å². The molecule has 7 heteroatoms. The molecule has 0 saturated carbocycles. The van der Waals surface area contributed by atoms with Gasteiger partial charge in [-0.15, -0.1) is 0 Å². The van der Waals surface area contributed by atoms with Gasteiger partial charge in [0.2, 0.25) is 6.41 Å². The second kappa shape index (κ2) is 8.63. The van der Waals surface area contributed by atoms with Crippen LogP contribution in [0.5, 0.6) is 0 Å². The highest BCUT2D eigenvalue weighted by molar-refractivity contribution is 5.93.